The highest BCUT2D eigenvalue weighted by Crippen LogP contribution is 2.29. The van der Waals surface area contributed by atoms with E-state index in [1.165, 1.54) is 26.4 Å². The summed E-state index contributed by atoms with van der Waals surface area (Å²) in [6.07, 6.45) is 5.79. The first-order valence-electron chi connectivity index (χ1n) is 6.90. The molecule has 0 bridgehead atoms. The van der Waals surface area contributed by atoms with Crippen LogP contribution in [-0.4, -0.2) is 19.1 Å². The molecular weight excluding hydrogens is 297 g/mol. The Kier molecular flexibility index (Phi) is 5.70. The minimum absolute atomic E-state index is 0.322. The first kappa shape index (κ1) is 15.6. The number of esters is 1. The van der Waals surface area contributed by atoms with Crippen LogP contribution in [0.1, 0.15) is 43.7 Å². The molecule has 0 amide bonds. The highest BCUT2D eigenvalue weighted by molar-refractivity contribution is 6.33. The summed E-state index contributed by atoms with van der Waals surface area (Å²) in [7, 11) is 1.39. The molecule has 110 valence electrons. The molecule has 1 aliphatic rings. The third-order valence-corrected chi connectivity index (χ3v) is 4.29. The Morgan fingerprint density at radius 3 is 2.65 bits per heavy atom. The second kappa shape index (κ2) is 7.30. The summed E-state index contributed by atoms with van der Waals surface area (Å²) >= 11 is 12.2. The van der Waals surface area contributed by atoms with E-state index in [1.807, 2.05) is 0 Å². The zero-order valence-electron chi connectivity index (χ0n) is 11.5. The first-order valence-corrected chi connectivity index (χ1v) is 7.66. The van der Waals surface area contributed by atoms with Crippen molar-refractivity contribution in [3.8, 4) is 0 Å². The number of methoxy groups -OCH3 is 1. The van der Waals surface area contributed by atoms with E-state index in [9.17, 15) is 4.79 Å². The summed E-state index contributed by atoms with van der Waals surface area (Å²) in [6, 6.07) is 4.90. The molecular formula is C15H19Cl2NO2. The molecule has 3 nitrogen and oxygen atoms in total. The fourth-order valence-corrected chi connectivity index (χ4v) is 3.05. The second-order valence-corrected chi connectivity index (χ2v) is 5.97. The molecule has 5 heteroatoms. The molecule has 0 radical (unpaired) electrons. The average molecular weight is 316 g/mol. The van der Waals surface area contributed by atoms with Crippen molar-refractivity contribution in [2.75, 3.05) is 7.11 Å². The van der Waals surface area contributed by atoms with Crippen LogP contribution in [0.15, 0.2) is 18.2 Å². The summed E-state index contributed by atoms with van der Waals surface area (Å²) in [5.74, 6) is -0.334. The van der Waals surface area contributed by atoms with Gasteiger partial charge in [-0.05, 0) is 31.0 Å². The van der Waals surface area contributed by atoms with Crippen LogP contribution in [0.5, 0.6) is 0 Å². The van der Waals surface area contributed by atoms with Gasteiger partial charge < -0.3 is 4.74 Å². The van der Waals surface area contributed by atoms with E-state index in [-0.39, 0.29) is 5.97 Å². The van der Waals surface area contributed by atoms with E-state index in [0.717, 1.165) is 12.8 Å². The molecule has 1 aromatic rings. The lowest BCUT2D eigenvalue weighted by Crippen LogP contribution is -2.38. The molecule has 20 heavy (non-hydrogen) atoms. The summed E-state index contributed by atoms with van der Waals surface area (Å²) < 4.78 is 4.90. The third-order valence-electron chi connectivity index (χ3n) is 3.71. The number of hydrogen-bond donors (Lipinski definition) is 1. The van der Waals surface area contributed by atoms with Gasteiger partial charge in [-0.15, -0.1) is 0 Å². The van der Waals surface area contributed by atoms with Crippen molar-refractivity contribution in [1.82, 2.24) is 5.32 Å². The number of ether oxygens (including phenoxy) is 1. The molecule has 0 heterocycles. The van der Waals surface area contributed by atoms with Crippen molar-refractivity contribution < 1.29 is 9.53 Å². The lowest BCUT2D eigenvalue weighted by molar-refractivity contribution is -0.143. The Balaban J connectivity index is 2.22. The average Bonchev–Trinajstić information content (AvgIpc) is 2.48. The van der Waals surface area contributed by atoms with Gasteiger partial charge in [-0.25, -0.2) is 4.79 Å². The molecule has 1 fully saturated rings. The smallest absolute Gasteiger partial charge is 0.327 e. The van der Waals surface area contributed by atoms with Gasteiger partial charge in [0.25, 0.3) is 0 Å². The van der Waals surface area contributed by atoms with Gasteiger partial charge in [0, 0.05) is 21.7 Å². The predicted molar refractivity (Wildman–Crippen MR) is 81.2 cm³/mol. The molecule has 0 saturated heterocycles. The number of carbonyl (C=O) groups excluding carboxylic acids is 1. The van der Waals surface area contributed by atoms with Crippen molar-refractivity contribution in [1.29, 1.82) is 0 Å². The molecule has 1 unspecified atom stereocenters. The lowest BCUT2D eigenvalue weighted by Gasteiger charge is -2.28. The van der Waals surface area contributed by atoms with Crippen molar-refractivity contribution in [2.24, 2.45) is 0 Å². The maximum atomic E-state index is 12.1. The first-order chi connectivity index (χ1) is 9.61. The quantitative estimate of drug-likeness (QED) is 0.849. The van der Waals surface area contributed by atoms with E-state index < -0.39 is 6.04 Å². The monoisotopic (exact) mass is 315 g/mol. The maximum Gasteiger partial charge on any atom is 0.327 e. The normalized spacial score (nSPS) is 17.8. The number of carbonyl (C=O) groups is 1. The third kappa shape index (κ3) is 3.87. The van der Waals surface area contributed by atoms with Crippen LogP contribution in [0.2, 0.25) is 10.0 Å². The summed E-state index contributed by atoms with van der Waals surface area (Å²) in [5.41, 5.74) is 0.677. The number of nitrogens with one attached hydrogen (secondary N) is 1. The van der Waals surface area contributed by atoms with Crippen molar-refractivity contribution in [2.45, 2.75) is 44.2 Å². The van der Waals surface area contributed by atoms with Gasteiger partial charge in [0.15, 0.2) is 0 Å². The fourth-order valence-electron chi connectivity index (χ4n) is 2.64. The Labute approximate surface area is 129 Å². The topological polar surface area (TPSA) is 38.3 Å². The van der Waals surface area contributed by atoms with Crippen molar-refractivity contribution >= 4 is 29.2 Å². The molecule has 1 aromatic carbocycles. The van der Waals surface area contributed by atoms with Crippen LogP contribution < -0.4 is 5.32 Å². The highest BCUT2D eigenvalue weighted by Gasteiger charge is 2.27. The second-order valence-electron chi connectivity index (χ2n) is 5.12. The minimum atomic E-state index is -0.561. The van der Waals surface area contributed by atoms with Gasteiger partial charge in [-0.2, -0.15) is 0 Å². The van der Waals surface area contributed by atoms with E-state index in [0.29, 0.717) is 21.7 Å². The van der Waals surface area contributed by atoms with Crippen LogP contribution in [-0.2, 0) is 9.53 Å². The number of rotatable bonds is 4. The largest absolute Gasteiger partial charge is 0.468 e. The number of benzene rings is 1. The molecule has 1 N–H and O–H groups in total. The molecule has 1 atom stereocenters. The Morgan fingerprint density at radius 2 is 2.00 bits per heavy atom. The van der Waals surface area contributed by atoms with Crippen molar-refractivity contribution in [3.05, 3.63) is 33.8 Å². The standard InChI is InChI=1S/C15H19Cl2NO2/c1-20-15(19)14(18-11-5-3-2-4-6-11)12-9-10(16)7-8-13(12)17/h7-9,11,14,18H,2-6H2,1H3. The molecule has 1 aliphatic carbocycles. The zero-order chi connectivity index (χ0) is 14.5. The molecule has 1 saturated carbocycles. The SMILES string of the molecule is COC(=O)C(NC1CCCCC1)c1cc(Cl)ccc1Cl. The van der Waals surface area contributed by atoms with E-state index in [2.05, 4.69) is 5.32 Å². The Bertz CT molecular complexity index is 473. The summed E-state index contributed by atoms with van der Waals surface area (Å²) in [4.78, 5) is 12.1. The molecule has 2 rings (SSSR count). The molecule has 0 spiro atoms. The predicted octanol–water partition coefficient (Wildman–Crippen LogP) is 4.13. The number of hydrogen-bond acceptors (Lipinski definition) is 3. The number of halogens is 2. The van der Waals surface area contributed by atoms with Gasteiger partial charge in [0.1, 0.15) is 6.04 Å². The van der Waals surface area contributed by atoms with Crippen molar-refractivity contribution in [3.63, 3.8) is 0 Å². The van der Waals surface area contributed by atoms with Gasteiger partial charge in [-0.1, -0.05) is 42.5 Å². The molecule has 0 aromatic heterocycles. The Morgan fingerprint density at radius 1 is 1.30 bits per heavy atom. The van der Waals surface area contributed by atoms with Gasteiger partial charge in [0.05, 0.1) is 7.11 Å². The van der Waals surface area contributed by atoms with Crippen LogP contribution in [0.3, 0.4) is 0 Å². The fraction of sp³-hybridized carbons (Fsp3) is 0.533. The minimum Gasteiger partial charge on any atom is -0.468 e. The zero-order valence-corrected chi connectivity index (χ0v) is 13.0. The van der Waals surface area contributed by atoms with Gasteiger partial charge >= 0.3 is 5.97 Å². The molecule has 0 aliphatic heterocycles. The van der Waals surface area contributed by atoms with E-state index >= 15 is 0 Å². The van der Waals surface area contributed by atoms with Gasteiger partial charge in [0.2, 0.25) is 0 Å². The van der Waals surface area contributed by atoms with Gasteiger partial charge in [-0.3, -0.25) is 5.32 Å². The highest BCUT2D eigenvalue weighted by atomic mass is 35.5. The van der Waals surface area contributed by atoms with E-state index in [4.69, 9.17) is 27.9 Å². The van der Waals surface area contributed by atoms with Crippen LogP contribution in [0.4, 0.5) is 0 Å². The Hall–Kier alpha value is -0.770. The van der Waals surface area contributed by atoms with Crippen LogP contribution in [0, 0.1) is 0 Å². The lowest BCUT2D eigenvalue weighted by atomic mass is 9.94. The van der Waals surface area contributed by atoms with Crippen LogP contribution in [0.25, 0.3) is 0 Å². The maximum absolute atomic E-state index is 12.1. The van der Waals surface area contributed by atoms with Crippen LogP contribution >= 0.6 is 23.2 Å². The summed E-state index contributed by atoms with van der Waals surface area (Å²) in [6.45, 7) is 0. The summed E-state index contributed by atoms with van der Waals surface area (Å²) in [5, 5.41) is 4.45. The van der Waals surface area contributed by atoms with E-state index in [1.54, 1.807) is 18.2 Å².